The number of carbonyl (C=O) groups excluding carboxylic acids is 5. The Hall–Kier alpha value is -4.27. The maximum absolute atomic E-state index is 14.3. The number of piperidine rings is 1. The Kier molecular flexibility index (Phi) is 14.7. The van der Waals surface area contributed by atoms with Crippen LogP contribution in [0, 0.1) is 11.8 Å². The van der Waals surface area contributed by atoms with Gasteiger partial charge in [0.05, 0.1) is 46.9 Å². The van der Waals surface area contributed by atoms with Gasteiger partial charge in [0.1, 0.15) is 17.4 Å². The summed E-state index contributed by atoms with van der Waals surface area (Å²) in [5.41, 5.74) is -1.20. The van der Waals surface area contributed by atoms with E-state index >= 15 is 0 Å². The molecule has 2 aromatic carbocycles. The largest absolute Gasteiger partial charge is 0.468 e. The van der Waals surface area contributed by atoms with Crippen LogP contribution in [0.3, 0.4) is 0 Å². The van der Waals surface area contributed by atoms with Crippen LogP contribution in [0.1, 0.15) is 86.4 Å². The van der Waals surface area contributed by atoms with Crippen LogP contribution >= 0.6 is 30.9 Å². The summed E-state index contributed by atoms with van der Waals surface area (Å²) < 4.78 is 33.0. The topological polar surface area (TPSA) is 187 Å². The molecule has 2 amide bonds. The second-order valence-corrected chi connectivity index (χ2v) is 17.2. The molecule has 0 bridgehead atoms. The Bertz CT molecular complexity index is 1910. The van der Waals surface area contributed by atoms with Gasteiger partial charge in [-0.05, 0) is 70.7 Å². The lowest BCUT2D eigenvalue weighted by Crippen LogP contribution is -2.47. The van der Waals surface area contributed by atoms with E-state index in [-0.39, 0.29) is 52.4 Å². The third-order valence-corrected chi connectivity index (χ3v) is 11.5. The Morgan fingerprint density at radius 1 is 0.945 bits per heavy atom. The molecule has 0 saturated carbocycles. The summed E-state index contributed by atoms with van der Waals surface area (Å²) in [5, 5.41) is 12.8. The second-order valence-electron chi connectivity index (χ2n) is 14.4. The minimum atomic E-state index is -3.85. The van der Waals surface area contributed by atoms with Crippen molar-refractivity contribution >= 4 is 66.2 Å². The van der Waals surface area contributed by atoms with Crippen molar-refractivity contribution in [2.75, 3.05) is 25.5 Å². The third-order valence-electron chi connectivity index (χ3n) is 8.58. The molecule has 1 saturated heterocycles. The Labute approximate surface area is 330 Å². The molecule has 1 aliphatic rings. The van der Waals surface area contributed by atoms with E-state index in [2.05, 4.69) is 20.8 Å². The maximum Gasteiger partial charge on any atom is 0.393 e. The molecule has 3 aromatic rings. The second kappa shape index (κ2) is 18.6. The molecule has 1 aromatic heterocycles. The molecule has 2 heterocycles. The minimum absolute atomic E-state index is 0.0501. The SMILES string of the molecule is COC(=O)[C@H](C)NP(=O)(Oc1ccccc1)N1CCC(NC(=O)c2nn(C(=O)[C@@H](CC(=O)OC(C)(C)C)C(C)C)cc2NC(=O)c2c(Cl)cccc2Cl)CC1. The number of aromatic nitrogens is 2. The van der Waals surface area contributed by atoms with Gasteiger partial charge in [-0.3, -0.25) is 24.0 Å². The van der Waals surface area contributed by atoms with Crippen molar-refractivity contribution in [1.82, 2.24) is 24.9 Å². The number of hydrogen-bond donors (Lipinski definition) is 3. The smallest absolute Gasteiger partial charge is 0.393 e. The number of esters is 2. The Morgan fingerprint density at radius 2 is 1.56 bits per heavy atom. The van der Waals surface area contributed by atoms with Crippen molar-refractivity contribution in [3.05, 3.63) is 76.0 Å². The van der Waals surface area contributed by atoms with Gasteiger partial charge in [0.15, 0.2) is 5.69 Å². The van der Waals surface area contributed by atoms with Crippen LogP contribution in [-0.4, -0.2) is 82.0 Å². The summed E-state index contributed by atoms with van der Waals surface area (Å²) in [6.07, 6.45) is 1.59. The first kappa shape index (κ1) is 43.5. The number of ether oxygens (including phenoxy) is 2. The number of nitrogens with one attached hydrogen (secondary N) is 3. The van der Waals surface area contributed by atoms with E-state index in [1.54, 1.807) is 75.7 Å². The summed E-state index contributed by atoms with van der Waals surface area (Å²) >= 11 is 12.6. The Morgan fingerprint density at radius 3 is 2.13 bits per heavy atom. The lowest BCUT2D eigenvalue weighted by atomic mass is 9.91. The lowest BCUT2D eigenvalue weighted by Gasteiger charge is -2.37. The van der Waals surface area contributed by atoms with Gasteiger partial charge in [0.25, 0.3) is 17.7 Å². The van der Waals surface area contributed by atoms with Crippen molar-refractivity contribution < 1.29 is 42.5 Å². The van der Waals surface area contributed by atoms with Gasteiger partial charge >= 0.3 is 19.6 Å². The first-order valence-electron chi connectivity index (χ1n) is 17.7. The van der Waals surface area contributed by atoms with Gasteiger partial charge in [0.2, 0.25) is 0 Å². The van der Waals surface area contributed by atoms with Crippen molar-refractivity contribution in [2.24, 2.45) is 11.8 Å². The fraction of sp³-hybridized carbons (Fsp3) is 0.459. The van der Waals surface area contributed by atoms with Gasteiger partial charge in [0, 0.05) is 19.1 Å². The zero-order chi connectivity index (χ0) is 40.7. The number of nitrogens with zero attached hydrogens (tertiary/aromatic N) is 3. The summed E-state index contributed by atoms with van der Waals surface area (Å²) in [7, 11) is -2.62. The van der Waals surface area contributed by atoms with Crippen LogP contribution in [0.4, 0.5) is 5.69 Å². The molecule has 3 atom stereocenters. The zero-order valence-electron chi connectivity index (χ0n) is 31.8. The number of benzene rings is 2. The van der Waals surface area contributed by atoms with Crippen LogP contribution in [-0.2, 0) is 23.6 Å². The van der Waals surface area contributed by atoms with Crippen LogP contribution in [0.2, 0.25) is 10.0 Å². The number of para-hydroxylation sites is 1. The molecule has 298 valence electrons. The highest BCUT2D eigenvalue weighted by Gasteiger charge is 2.40. The minimum Gasteiger partial charge on any atom is -0.468 e. The maximum atomic E-state index is 14.3. The normalized spacial score (nSPS) is 16.0. The summed E-state index contributed by atoms with van der Waals surface area (Å²) in [6, 6.07) is 11.6. The molecule has 0 radical (unpaired) electrons. The third kappa shape index (κ3) is 11.6. The van der Waals surface area contributed by atoms with Crippen molar-refractivity contribution in [1.29, 1.82) is 0 Å². The molecule has 0 spiro atoms. The molecule has 1 unspecified atom stereocenters. The van der Waals surface area contributed by atoms with Gasteiger partial charge in [-0.25, -0.2) is 19.0 Å². The highest BCUT2D eigenvalue weighted by molar-refractivity contribution is 7.54. The van der Waals surface area contributed by atoms with E-state index in [9.17, 15) is 28.5 Å². The molecular formula is C37H47Cl2N6O9P. The summed E-state index contributed by atoms with van der Waals surface area (Å²) in [5.74, 6) is -4.12. The molecule has 3 N–H and O–H groups in total. The summed E-state index contributed by atoms with van der Waals surface area (Å²) in [4.78, 5) is 66.2. The molecule has 18 heteroatoms. The molecule has 0 aliphatic carbocycles. The molecule has 1 fully saturated rings. The molecule has 1 aliphatic heterocycles. The highest BCUT2D eigenvalue weighted by Crippen LogP contribution is 2.49. The van der Waals surface area contributed by atoms with Gasteiger partial charge in [-0.1, -0.05) is 61.3 Å². The van der Waals surface area contributed by atoms with Crippen molar-refractivity contribution in [3.8, 4) is 5.75 Å². The van der Waals surface area contributed by atoms with Gasteiger partial charge in [-0.15, -0.1) is 0 Å². The lowest BCUT2D eigenvalue weighted by molar-refractivity contribution is -0.156. The predicted molar refractivity (Wildman–Crippen MR) is 207 cm³/mol. The monoisotopic (exact) mass is 820 g/mol. The first-order valence-corrected chi connectivity index (χ1v) is 20.0. The average Bonchev–Trinajstić information content (AvgIpc) is 3.53. The molecule has 55 heavy (non-hydrogen) atoms. The van der Waals surface area contributed by atoms with E-state index in [1.807, 2.05) is 0 Å². The molecule has 4 rings (SSSR count). The van der Waals surface area contributed by atoms with Crippen LogP contribution < -0.4 is 20.2 Å². The number of amides is 2. The van der Waals surface area contributed by atoms with Crippen LogP contribution in [0.5, 0.6) is 5.75 Å². The quantitative estimate of drug-likeness (QED) is 0.117. The number of rotatable bonds is 14. The number of anilines is 1. The molecular weight excluding hydrogens is 774 g/mol. The van der Waals surface area contributed by atoms with E-state index in [0.717, 1.165) is 4.68 Å². The van der Waals surface area contributed by atoms with Crippen molar-refractivity contribution in [2.45, 2.75) is 78.5 Å². The van der Waals surface area contributed by atoms with E-state index in [4.69, 9.17) is 37.2 Å². The van der Waals surface area contributed by atoms with E-state index < -0.39 is 60.9 Å². The fourth-order valence-corrected chi connectivity index (χ4v) is 8.44. The number of methoxy groups -OCH3 is 1. The average molecular weight is 822 g/mol. The van der Waals surface area contributed by atoms with Gasteiger partial charge in [-0.2, -0.15) is 5.10 Å². The predicted octanol–water partition coefficient (Wildman–Crippen LogP) is 6.62. The van der Waals surface area contributed by atoms with Crippen LogP contribution in [0.15, 0.2) is 54.7 Å². The van der Waals surface area contributed by atoms with Crippen LogP contribution in [0.25, 0.3) is 0 Å². The first-order chi connectivity index (χ1) is 25.8. The Balaban J connectivity index is 1.58. The number of hydrogen-bond acceptors (Lipinski definition) is 10. The number of carbonyl (C=O) groups is 5. The standard InChI is InChI=1S/C37H47Cl2N6O9P/c1-22(2)26(20-30(46)53-37(4,5)6)35(49)45-21-29(41-33(47)31-27(38)14-11-15-28(31)39)32(42-45)34(48)40-24-16-18-44(19-17-24)55(51,43-23(3)36(50)52-7)54-25-12-9-8-10-13-25/h8-15,21-24,26H,16-20H2,1-7H3,(H,40,48)(H,41,47)(H,43,51)/t23-,26-,55?/m0/s1. The summed E-state index contributed by atoms with van der Waals surface area (Å²) in [6.45, 7) is 10.6. The van der Waals surface area contributed by atoms with E-state index in [1.165, 1.54) is 32.4 Å². The van der Waals surface area contributed by atoms with E-state index in [0.29, 0.717) is 18.6 Å². The van der Waals surface area contributed by atoms with Crippen molar-refractivity contribution in [3.63, 3.8) is 0 Å². The van der Waals surface area contributed by atoms with Gasteiger partial charge < -0.3 is 24.6 Å². The highest BCUT2D eigenvalue weighted by atomic mass is 35.5. The fourth-order valence-electron chi connectivity index (χ4n) is 5.78. The number of halogens is 2. The molecule has 15 nitrogen and oxygen atoms in total. The zero-order valence-corrected chi connectivity index (χ0v) is 34.2.